The van der Waals surface area contributed by atoms with E-state index in [1.165, 1.54) is 29.1 Å². The molecule has 1 aliphatic heterocycles. The summed E-state index contributed by atoms with van der Waals surface area (Å²) in [6, 6.07) is 8.68. The summed E-state index contributed by atoms with van der Waals surface area (Å²) in [7, 11) is 0. The third-order valence-corrected chi connectivity index (χ3v) is 5.90. The molecule has 2 heterocycles. The summed E-state index contributed by atoms with van der Waals surface area (Å²) in [6.07, 6.45) is 7.42. The predicted molar refractivity (Wildman–Crippen MR) is 112 cm³/mol. The van der Waals surface area contributed by atoms with Crippen LogP contribution >= 0.6 is 0 Å². The van der Waals surface area contributed by atoms with Crippen LogP contribution in [0.1, 0.15) is 47.2 Å². The summed E-state index contributed by atoms with van der Waals surface area (Å²) in [5.41, 5.74) is 6.06. The molecule has 0 radical (unpaired) electrons. The van der Waals surface area contributed by atoms with Crippen molar-refractivity contribution in [2.45, 2.75) is 25.7 Å². The monoisotopic (exact) mass is 393 g/mol. The number of aromatic nitrogens is 2. The number of hydrogen-bond donors (Lipinski definition) is 3. The minimum atomic E-state index is -0.601. The van der Waals surface area contributed by atoms with Crippen LogP contribution in [0.5, 0.6) is 0 Å². The molecule has 2 aliphatic rings. The van der Waals surface area contributed by atoms with E-state index in [1.807, 2.05) is 0 Å². The Bertz CT molecular complexity index is 888. The highest BCUT2D eigenvalue weighted by Gasteiger charge is 2.22. The lowest BCUT2D eigenvalue weighted by Crippen LogP contribution is -2.38. The zero-order valence-electron chi connectivity index (χ0n) is 16.6. The van der Waals surface area contributed by atoms with E-state index in [0.29, 0.717) is 17.8 Å². The third kappa shape index (κ3) is 4.31. The lowest BCUT2D eigenvalue weighted by atomic mass is 9.96. The molecule has 1 unspecified atom stereocenters. The smallest absolute Gasteiger partial charge is 0.277 e. The molecular formula is C22H27N5O2. The number of carbonyl (C=O) groups is 1. The van der Waals surface area contributed by atoms with Crippen LogP contribution in [0, 0.1) is 5.92 Å². The summed E-state index contributed by atoms with van der Waals surface area (Å²) in [4.78, 5) is 22.0. The van der Waals surface area contributed by atoms with Gasteiger partial charge < -0.3 is 10.2 Å². The molecule has 1 atom stereocenters. The Morgan fingerprint density at radius 1 is 1.21 bits per heavy atom. The Morgan fingerprint density at radius 3 is 2.66 bits per heavy atom. The fourth-order valence-electron chi connectivity index (χ4n) is 4.24. The molecular weight excluding hydrogens is 366 g/mol. The Morgan fingerprint density at radius 2 is 1.93 bits per heavy atom. The maximum atomic E-state index is 11.4. The summed E-state index contributed by atoms with van der Waals surface area (Å²) >= 11 is 0. The van der Waals surface area contributed by atoms with Gasteiger partial charge in [-0.2, -0.15) is 0 Å². The molecule has 0 spiro atoms. The first-order valence-corrected chi connectivity index (χ1v) is 10.2. The van der Waals surface area contributed by atoms with E-state index in [-0.39, 0.29) is 5.56 Å². The molecule has 29 heavy (non-hydrogen) atoms. The van der Waals surface area contributed by atoms with E-state index in [0.717, 1.165) is 39.0 Å². The summed E-state index contributed by atoms with van der Waals surface area (Å²) in [5, 5.41) is 12.3. The van der Waals surface area contributed by atoms with Crippen molar-refractivity contribution in [3.05, 3.63) is 59.4 Å². The molecule has 1 aliphatic carbocycles. The molecule has 0 bridgehead atoms. The number of fused-ring (bicyclic) bond motifs is 1. The van der Waals surface area contributed by atoms with E-state index in [4.69, 9.17) is 5.21 Å². The van der Waals surface area contributed by atoms with Gasteiger partial charge in [0.15, 0.2) is 0 Å². The summed E-state index contributed by atoms with van der Waals surface area (Å²) in [6.45, 7) is 5.99. The van der Waals surface area contributed by atoms with E-state index in [1.54, 1.807) is 5.48 Å². The van der Waals surface area contributed by atoms with Gasteiger partial charge in [0.05, 0.1) is 5.56 Å². The number of nitrogens with one attached hydrogen (secondary N) is 2. The number of amides is 1. The van der Waals surface area contributed by atoms with Crippen LogP contribution in [-0.4, -0.2) is 47.3 Å². The average Bonchev–Trinajstić information content (AvgIpc) is 3.10. The van der Waals surface area contributed by atoms with Gasteiger partial charge >= 0.3 is 0 Å². The number of nitrogens with zero attached hydrogens (tertiary/aromatic N) is 3. The number of allylic oxidation sites excluding steroid dienone is 1. The maximum Gasteiger partial charge on any atom is 0.277 e. The van der Waals surface area contributed by atoms with E-state index in [9.17, 15) is 4.79 Å². The molecule has 7 heteroatoms. The average molecular weight is 393 g/mol. The minimum absolute atomic E-state index is 0.243. The van der Waals surface area contributed by atoms with Gasteiger partial charge in [0.1, 0.15) is 0 Å². The Hall–Kier alpha value is -2.77. The number of rotatable bonds is 6. The van der Waals surface area contributed by atoms with Gasteiger partial charge in [-0.3, -0.25) is 10.0 Å². The van der Waals surface area contributed by atoms with E-state index < -0.39 is 5.91 Å². The van der Waals surface area contributed by atoms with Gasteiger partial charge in [0.2, 0.25) is 5.95 Å². The number of hydroxylamine groups is 1. The summed E-state index contributed by atoms with van der Waals surface area (Å²) in [5.74, 6) is 1.17. The Kier molecular flexibility index (Phi) is 5.87. The van der Waals surface area contributed by atoms with Crippen molar-refractivity contribution >= 4 is 17.4 Å². The molecule has 1 fully saturated rings. The second-order valence-corrected chi connectivity index (χ2v) is 7.84. The molecule has 1 amide bonds. The lowest BCUT2D eigenvalue weighted by Gasteiger charge is -2.32. The maximum absolute atomic E-state index is 11.4. The molecule has 2 aromatic rings. The molecule has 7 nitrogen and oxygen atoms in total. The zero-order valence-corrected chi connectivity index (χ0v) is 16.6. The van der Waals surface area contributed by atoms with Crippen LogP contribution in [0.4, 0.5) is 5.95 Å². The van der Waals surface area contributed by atoms with Crippen molar-refractivity contribution in [3.8, 4) is 0 Å². The molecule has 1 saturated heterocycles. The highest BCUT2D eigenvalue weighted by atomic mass is 16.5. The number of anilines is 1. The second kappa shape index (κ2) is 8.71. The number of benzene rings is 1. The normalized spacial score (nSPS) is 19.0. The Balaban J connectivity index is 1.24. The molecule has 4 rings (SSSR count). The lowest BCUT2D eigenvalue weighted by molar-refractivity contribution is 0.0705. The standard InChI is InChI=1S/C22H27N5O2/c1-15-10-17(20-5-3-2-4-19(15)20)12-23-11-16-6-8-27(9-7-16)22-24-13-18(14-25-22)21(28)26-29/h2-5,10,13-16,23,29H,6-9,11-12H2,1H3,(H,26,28). The number of carbonyl (C=O) groups excluding carboxylic acids is 1. The van der Waals surface area contributed by atoms with Gasteiger partial charge in [0, 0.05) is 37.9 Å². The highest BCUT2D eigenvalue weighted by molar-refractivity contribution is 5.92. The van der Waals surface area contributed by atoms with Gasteiger partial charge in [-0.15, -0.1) is 0 Å². The van der Waals surface area contributed by atoms with Gasteiger partial charge in [-0.25, -0.2) is 15.4 Å². The number of piperidine rings is 1. The predicted octanol–water partition coefficient (Wildman–Crippen LogP) is 2.60. The fraction of sp³-hybridized carbons (Fsp3) is 0.409. The molecule has 3 N–H and O–H groups in total. The third-order valence-electron chi connectivity index (χ3n) is 5.90. The highest BCUT2D eigenvalue weighted by Crippen LogP contribution is 2.34. The molecule has 1 aromatic heterocycles. The van der Waals surface area contributed by atoms with Gasteiger partial charge in [-0.1, -0.05) is 37.3 Å². The number of hydrogen-bond acceptors (Lipinski definition) is 6. The van der Waals surface area contributed by atoms with Crippen molar-refractivity contribution in [2.75, 3.05) is 31.1 Å². The van der Waals surface area contributed by atoms with E-state index >= 15 is 0 Å². The first-order valence-electron chi connectivity index (χ1n) is 10.2. The van der Waals surface area contributed by atoms with Gasteiger partial charge in [-0.05, 0) is 42.0 Å². The van der Waals surface area contributed by atoms with Crippen LogP contribution in [0.2, 0.25) is 0 Å². The summed E-state index contributed by atoms with van der Waals surface area (Å²) < 4.78 is 0. The topological polar surface area (TPSA) is 90.4 Å². The SMILES string of the molecule is CC1C=C(CNCC2CCN(c3ncc(C(=O)NO)cn3)CC2)c2ccccc21. The van der Waals surface area contributed by atoms with Crippen molar-refractivity contribution in [3.63, 3.8) is 0 Å². The van der Waals surface area contributed by atoms with Crippen LogP contribution in [0.25, 0.3) is 5.57 Å². The quantitative estimate of drug-likeness (QED) is 0.516. The van der Waals surface area contributed by atoms with Crippen molar-refractivity contribution in [2.24, 2.45) is 5.92 Å². The fourth-order valence-corrected chi connectivity index (χ4v) is 4.24. The van der Waals surface area contributed by atoms with Crippen molar-refractivity contribution in [1.29, 1.82) is 0 Å². The molecule has 0 saturated carbocycles. The van der Waals surface area contributed by atoms with Crippen LogP contribution in [-0.2, 0) is 0 Å². The molecule has 1 aromatic carbocycles. The molecule has 152 valence electrons. The van der Waals surface area contributed by atoms with Crippen LogP contribution in [0.15, 0.2) is 42.7 Å². The van der Waals surface area contributed by atoms with Crippen LogP contribution in [0.3, 0.4) is 0 Å². The first kappa shape index (κ1) is 19.5. The Labute approximate surface area is 170 Å². The van der Waals surface area contributed by atoms with Crippen LogP contribution < -0.4 is 15.7 Å². The largest absolute Gasteiger partial charge is 0.341 e. The van der Waals surface area contributed by atoms with Crippen molar-refractivity contribution in [1.82, 2.24) is 20.8 Å². The zero-order chi connectivity index (χ0) is 20.2. The van der Waals surface area contributed by atoms with Gasteiger partial charge in [0.25, 0.3) is 5.91 Å². The van der Waals surface area contributed by atoms with E-state index in [2.05, 4.69) is 57.4 Å². The second-order valence-electron chi connectivity index (χ2n) is 7.84. The van der Waals surface area contributed by atoms with Crippen molar-refractivity contribution < 1.29 is 10.0 Å². The minimum Gasteiger partial charge on any atom is -0.341 e. The first-order chi connectivity index (χ1) is 14.2.